The van der Waals surface area contributed by atoms with Gasteiger partial charge in [-0.15, -0.1) is 0 Å². The fourth-order valence-corrected chi connectivity index (χ4v) is 2.15. The summed E-state index contributed by atoms with van der Waals surface area (Å²) in [4.78, 5) is 10.5. The van der Waals surface area contributed by atoms with Gasteiger partial charge in [0.1, 0.15) is 0 Å². The van der Waals surface area contributed by atoms with E-state index < -0.39 is 5.97 Å². The molecule has 0 saturated carbocycles. The van der Waals surface area contributed by atoms with Crippen LogP contribution in [0.2, 0.25) is 10.0 Å². The summed E-state index contributed by atoms with van der Waals surface area (Å²) < 4.78 is 0. The molecule has 86 valence electrons. The number of fused-ring (bicyclic) bond motifs is 1. The molecule has 0 radical (unpaired) electrons. The van der Waals surface area contributed by atoms with E-state index in [1.54, 1.807) is 18.2 Å². The molecule has 0 bridgehead atoms. The highest BCUT2D eigenvalue weighted by molar-refractivity contribution is 6.40. The van der Waals surface area contributed by atoms with Crippen LogP contribution in [-0.2, 0) is 4.79 Å². The fraction of sp³-hybridized carbons (Fsp3) is 0. The smallest absolute Gasteiger partial charge is 0.328 e. The van der Waals surface area contributed by atoms with Crippen molar-refractivity contribution in [2.75, 3.05) is 0 Å². The van der Waals surface area contributed by atoms with E-state index in [2.05, 4.69) is 0 Å². The lowest BCUT2D eigenvalue weighted by molar-refractivity contribution is -0.131. The van der Waals surface area contributed by atoms with Crippen molar-refractivity contribution in [3.8, 4) is 0 Å². The van der Waals surface area contributed by atoms with Crippen molar-refractivity contribution in [3.05, 3.63) is 52.0 Å². The molecule has 0 heterocycles. The molecule has 4 heteroatoms. The molecule has 0 aliphatic heterocycles. The van der Waals surface area contributed by atoms with Crippen LogP contribution in [0, 0.1) is 0 Å². The van der Waals surface area contributed by atoms with Crippen LogP contribution < -0.4 is 0 Å². The Kier molecular flexibility index (Phi) is 3.36. The average molecular weight is 267 g/mol. The van der Waals surface area contributed by atoms with Crippen molar-refractivity contribution < 1.29 is 9.90 Å². The fourth-order valence-electron chi connectivity index (χ4n) is 1.66. The number of carboxylic acids is 1. The van der Waals surface area contributed by atoms with E-state index in [1.807, 2.05) is 12.1 Å². The molecule has 0 fully saturated rings. The summed E-state index contributed by atoms with van der Waals surface area (Å²) in [6.07, 6.45) is 2.58. The Bertz CT molecular complexity index is 618. The van der Waals surface area contributed by atoms with Gasteiger partial charge in [-0.3, -0.25) is 0 Å². The summed E-state index contributed by atoms with van der Waals surface area (Å²) in [6, 6.07) is 8.87. The number of benzene rings is 2. The van der Waals surface area contributed by atoms with E-state index in [1.165, 1.54) is 6.08 Å². The maximum absolute atomic E-state index is 10.5. The molecule has 0 amide bonds. The number of hydrogen-bond donors (Lipinski definition) is 1. The number of halogens is 2. The summed E-state index contributed by atoms with van der Waals surface area (Å²) in [5, 5.41) is 11.3. The molecule has 0 aliphatic carbocycles. The maximum Gasteiger partial charge on any atom is 0.328 e. The topological polar surface area (TPSA) is 37.3 Å². The average Bonchev–Trinajstić information content (AvgIpc) is 2.31. The van der Waals surface area contributed by atoms with Gasteiger partial charge in [0.25, 0.3) is 0 Å². The lowest BCUT2D eigenvalue weighted by Crippen LogP contribution is -1.87. The van der Waals surface area contributed by atoms with Crippen molar-refractivity contribution in [2.24, 2.45) is 0 Å². The number of hydrogen-bond acceptors (Lipinski definition) is 1. The van der Waals surface area contributed by atoms with Crippen molar-refractivity contribution in [3.63, 3.8) is 0 Å². The zero-order chi connectivity index (χ0) is 12.4. The second-order valence-corrected chi connectivity index (χ2v) is 4.28. The van der Waals surface area contributed by atoms with Gasteiger partial charge in [-0.25, -0.2) is 4.79 Å². The first-order chi connectivity index (χ1) is 8.09. The third-order valence-corrected chi connectivity index (χ3v) is 3.02. The second kappa shape index (κ2) is 4.78. The number of carbonyl (C=O) groups is 1. The SMILES string of the molecule is O=C(O)/C=C/c1cccc2c(Cl)ccc(Cl)c12. The molecule has 0 aliphatic rings. The molecule has 2 aromatic rings. The summed E-state index contributed by atoms with van der Waals surface area (Å²) in [6.45, 7) is 0. The van der Waals surface area contributed by atoms with Crippen LogP contribution in [0.5, 0.6) is 0 Å². The van der Waals surface area contributed by atoms with Gasteiger partial charge in [0, 0.05) is 26.9 Å². The lowest BCUT2D eigenvalue weighted by Gasteiger charge is -2.06. The Morgan fingerprint density at radius 1 is 1.12 bits per heavy atom. The van der Waals surface area contributed by atoms with Gasteiger partial charge in [0.2, 0.25) is 0 Å². The lowest BCUT2D eigenvalue weighted by atomic mass is 10.0. The predicted molar refractivity (Wildman–Crippen MR) is 70.6 cm³/mol. The zero-order valence-corrected chi connectivity index (χ0v) is 10.2. The molecule has 17 heavy (non-hydrogen) atoms. The van der Waals surface area contributed by atoms with Crippen molar-refractivity contribution in [2.45, 2.75) is 0 Å². The monoisotopic (exact) mass is 266 g/mol. The van der Waals surface area contributed by atoms with Gasteiger partial charge < -0.3 is 5.11 Å². The van der Waals surface area contributed by atoms with Gasteiger partial charge in [0.05, 0.1) is 0 Å². The Hall–Kier alpha value is -1.51. The number of carboxylic acid groups (broad SMARTS) is 1. The summed E-state index contributed by atoms with van der Waals surface area (Å²) in [5.74, 6) is -1.000. The summed E-state index contributed by atoms with van der Waals surface area (Å²) in [7, 11) is 0. The standard InChI is InChI=1S/C13H8Cl2O2/c14-10-5-6-11(15)13-8(4-7-12(16)17)2-1-3-9(10)13/h1-7H,(H,16,17)/b7-4+. The normalized spacial score (nSPS) is 11.2. The van der Waals surface area contributed by atoms with Crippen LogP contribution >= 0.6 is 23.2 Å². The molecule has 2 aromatic carbocycles. The highest BCUT2D eigenvalue weighted by Crippen LogP contribution is 2.32. The Morgan fingerprint density at radius 2 is 1.82 bits per heavy atom. The van der Waals surface area contributed by atoms with Crippen LogP contribution in [0.3, 0.4) is 0 Å². The molecule has 0 unspecified atom stereocenters. The highest BCUT2D eigenvalue weighted by atomic mass is 35.5. The minimum absolute atomic E-state index is 0.551. The first-order valence-electron chi connectivity index (χ1n) is 4.87. The number of rotatable bonds is 2. The van der Waals surface area contributed by atoms with Crippen LogP contribution in [-0.4, -0.2) is 11.1 Å². The van der Waals surface area contributed by atoms with E-state index in [0.717, 1.165) is 22.4 Å². The van der Waals surface area contributed by atoms with E-state index in [4.69, 9.17) is 28.3 Å². The Morgan fingerprint density at radius 3 is 2.53 bits per heavy atom. The van der Waals surface area contributed by atoms with Gasteiger partial charge in [-0.1, -0.05) is 41.4 Å². The molecular weight excluding hydrogens is 259 g/mol. The van der Waals surface area contributed by atoms with E-state index in [9.17, 15) is 4.79 Å². The molecule has 2 nitrogen and oxygen atoms in total. The second-order valence-electron chi connectivity index (χ2n) is 3.47. The maximum atomic E-state index is 10.5. The van der Waals surface area contributed by atoms with Crippen molar-refractivity contribution in [1.82, 2.24) is 0 Å². The molecule has 0 atom stereocenters. The zero-order valence-electron chi connectivity index (χ0n) is 8.65. The van der Waals surface area contributed by atoms with Gasteiger partial charge in [-0.2, -0.15) is 0 Å². The van der Waals surface area contributed by atoms with Crippen molar-refractivity contribution >= 4 is 46.0 Å². The highest BCUT2D eigenvalue weighted by Gasteiger charge is 2.06. The summed E-state index contributed by atoms with van der Waals surface area (Å²) in [5.41, 5.74) is 0.734. The van der Waals surface area contributed by atoms with Gasteiger partial charge >= 0.3 is 5.97 Å². The van der Waals surface area contributed by atoms with Crippen LogP contribution in [0.25, 0.3) is 16.8 Å². The van der Waals surface area contributed by atoms with Gasteiger partial charge in [-0.05, 0) is 23.8 Å². The van der Waals surface area contributed by atoms with E-state index in [0.29, 0.717) is 10.0 Å². The Balaban J connectivity index is 2.72. The quantitative estimate of drug-likeness (QED) is 0.826. The molecule has 0 aromatic heterocycles. The first kappa shape index (κ1) is 12.0. The Labute approximate surface area is 108 Å². The molecule has 0 spiro atoms. The summed E-state index contributed by atoms with van der Waals surface area (Å²) >= 11 is 12.2. The predicted octanol–water partition coefficient (Wildman–Crippen LogP) is 4.24. The molecule has 1 N–H and O–H groups in total. The van der Waals surface area contributed by atoms with E-state index >= 15 is 0 Å². The molecule has 2 rings (SSSR count). The third-order valence-electron chi connectivity index (χ3n) is 2.37. The first-order valence-corrected chi connectivity index (χ1v) is 5.63. The minimum atomic E-state index is -1.000. The van der Waals surface area contributed by atoms with Gasteiger partial charge in [0.15, 0.2) is 0 Å². The minimum Gasteiger partial charge on any atom is -0.478 e. The van der Waals surface area contributed by atoms with Crippen LogP contribution in [0.1, 0.15) is 5.56 Å². The molecule has 0 saturated heterocycles. The number of aliphatic carboxylic acids is 1. The third kappa shape index (κ3) is 2.43. The van der Waals surface area contributed by atoms with Crippen molar-refractivity contribution in [1.29, 1.82) is 0 Å². The largest absolute Gasteiger partial charge is 0.478 e. The molecular formula is C13H8Cl2O2. The van der Waals surface area contributed by atoms with E-state index in [-0.39, 0.29) is 0 Å². The van der Waals surface area contributed by atoms with Crippen LogP contribution in [0.4, 0.5) is 0 Å². The van der Waals surface area contributed by atoms with Crippen LogP contribution in [0.15, 0.2) is 36.4 Å².